The monoisotopic (exact) mass is 317 g/mol. The van der Waals surface area contributed by atoms with Gasteiger partial charge in [0.25, 0.3) is 0 Å². The van der Waals surface area contributed by atoms with E-state index >= 15 is 0 Å². The van der Waals surface area contributed by atoms with Gasteiger partial charge in [0.2, 0.25) is 0 Å². The largest absolute Gasteiger partial charge is 0.377 e. The number of methoxy groups -OCH3 is 1. The van der Waals surface area contributed by atoms with Crippen molar-refractivity contribution in [2.45, 2.75) is 81.1 Å². The molecule has 21 heavy (non-hydrogen) atoms. The van der Waals surface area contributed by atoms with Gasteiger partial charge in [0, 0.05) is 19.4 Å². The van der Waals surface area contributed by atoms with Crippen molar-refractivity contribution < 1.29 is 13.2 Å². The van der Waals surface area contributed by atoms with Crippen molar-refractivity contribution in [3.8, 4) is 0 Å². The van der Waals surface area contributed by atoms with Gasteiger partial charge in [0.1, 0.15) is 9.84 Å². The first-order chi connectivity index (χ1) is 9.89. The van der Waals surface area contributed by atoms with Gasteiger partial charge < -0.3 is 10.5 Å². The number of sulfone groups is 1. The van der Waals surface area contributed by atoms with Crippen molar-refractivity contribution in [1.82, 2.24) is 0 Å². The van der Waals surface area contributed by atoms with E-state index in [-0.39, 0.29) is 22.8 Å². The Kier molecular flexibility index (Phi) is 5.71. The summed E-state index contributed by atoms with van der Waals surface area (Å²) < 4.78 is 29.6. The molecule has 2 aliphatic carbocycles. The first-order valence-electron chi connectivity index (χ1n) is 8.39. The molecule has 2 N–H and O–H groups in total. The topological polar surface area (TPSA) is 69.4 Å². The molecule has 0 spiro atoms. The second-order valence-electron chi connectivity index (χ2n) is 7.09. The SMILES string of the molecule is COC1(C(N)C2CCCC(S(C)(=O)=O)C2)CCCCCC1. The van der Waals surface area contributed by atoms with Crippen molar-refractivity contribution in [2.75, 3.05) is 13.4 Å². The highest BCUT2D eigenvalue weighted by Crippen LogP contribution is 2.39. The molecule has 0 radical (unpaired) electrons. The van der Waals surface area contributed by atoms with Crippen molar-refractivity contribution in [3.05, 3.63) is 0 Å². The van der Waals surface area contributed by atoms with Crippen molar-refractivity contribution >= 4 is 9.84 Å². The fraction of sp³-hybridized carbons (Fsp3) is 1.00. The minimum absolute atomic E-state index is 0.0369. The van der Waals surface area contributed by atoms with Gasteiger partial charge >= 0.3 is 0 Å². The molecule has 5 heteroatoms. The number of nitrogens with two attached hydrogens (primary N) is 1. The molecule has 0 aromatic heterocycles. The lowest BCUT2D eigenvalue weighted by Gasteiger charge is -2.43. The Morgan fingerprint density at radius 3 is 2.24 bits per heavy atom. The Morgan fingerprint density at radius 1 is 1.10 bits per heavy atom. The van der Waals surface area contributed by atoms with Crippen LogP contribution in [0, 0.1) is 5.92 Å². The number of hydrogen-bond donors (Lipinski definition) is 1. The van der Waals surface area contributed by atoms with Crippen molar-refractivity contribution in [2.24, 2.45) is 11.7 Å². The lowest BCUT2D eigenvalue weighted by molar-refractivity contribution is -0.0607. The second-order valence-corrected chi connectivity index (χ2v) is 9.41. The highest BCUT2D eigenvalue weighted by Gasteiger charge is 2.43. The summed E-state index contributed by atoms with van der Waals surface area (Å²) in [5.74, 6) is 0.275. The first kappa shape index (κ1) is 17.2. The van der Waals surface area contributed by atoms with Gasteiger partial charge in [-0.2, -0.15) is 0 Å². The molecular formula is C16H31NO3S. The molecular weight excluding hydrogens is 286 g/mol. The Morgan fingerprint density at radius 2 is 1.71 bits per heavy atom. The van der Waals surface area contributed by atoms with E-state index in [1.807, 2.05) is 0 Å². The van der Waals surface area contributed by atoms with Crippen LogP contribution < -0.4 is 5.73 Å². The average molecular weight is 317 g/mol. The van der Waals surface area contributed by atoms with Crippen LogP contribution in [0.15, 0.2) is 0 Å². The molecule has 0 amide bonds. The third kappa shape index (κ3) is 3.99. The smallest absolute Gasteiger partial charge is 0.150 e. The van der Waals surface area contributed by atoms with Gasteiger partial charge in [-0.05, 0) is 38.0 Å². The third-order valence-corrected chi connectivity index (χ3v) is 7.38. The van der Waals surface area contributed by atoms with Gasteiger partial charge in [-0.1, -0.05) is 32.1 Å². The normalized spacial score (nSPS) is 32.3. The Bertz CT molecular complexity index is 427. The van der Waals surface area contributed by atoms with Gasteiger partial charge in [-0.15, -0.1) is 0 Å². The quantitative estimate of drug-likeness (QED) is 0.809. The molecule has 2 aliphatic rings. The van der Waals surface area contributed by atoms with E-state index in [4.69, 9.17) is 10.5 Å². The van der Waals surface area contributed by atoms with Crippen LogP contribution in [0.5, 0.6) is 0 Å². The number of ether oxygens (including phenoxy) is 1. The Balaban J connectivity index is 2.11. The molecule has 0 aromatic carbocycles. The first-order valence-corrected chi connectivity index (χ1v) is 10.3. The zero-order valence-corrected chi connectivity index (χ0v) is 14.3. The summed E-state index contributed by atoms with van der Waals surface area (Å²) in [4.78, 5) is 0. The van der Waals surface area contributed by atoms with Crippen LogP contribution >= 0.6 is 0 Å². The summed E-state index contributed by atoms with van der Waals surface area (Å²) in [5, 5.41) is -0.206. The van der Waals surface area contributed by atoms with Crippen molar-refractivity contribution in [1.29, 1.82) is 0 Å². The summed E-state index contributed by atoms with van der Waals surface area (Å²) in [7, 11) is -1.17. The highest BCUT2D eigenvalue weighted by atomic mass is 32.2. The van der Waals surface area contributed by atoms with Crippen LogP contribution in [-0.2, 0) is 14.6 Å². The van der Waals surface area contributed by atoms with Gasteiger partial charge in [-0.3, -0.25) is 0 Å². The standard InChI is InChI=1S/C16H31NO3S/c1-20-16(10-5-3-4-6-11-16)15(17)13-8-7-9-14(12-13)21(2,18)19/h13-15H,3-12,17H2,1-2H3. The van der Waals surface area contributed by atoms with Crippen LogP contribution in [0.4, 0.5) is 0 Å². The summed E-state index contributed by atoms with van der Waals surface area (Å²) >= 11 is 0. The van der Waals surface area contributed by atoms with E-state index in [0.29, 0.717) is 6.42 Å². The highest BCUT2D eigenvalue weighted by molar-refractivity contribution is 7.91. The molecule has 2 rings (SSSR count). The third-order valence-electron chi connectivity index (χ3n) is 5.74. The summed E-state index contributed by atoms with van der Waals surface area (Å²) in [6, 6.07) is -0.0369. The number of rotatable bonds is 4. The molecule has 0 bridgehead atoms. The van der Waals surface area contributed by atoms with Crippen LogP contribution in [0.2, 0.25) is 0 Å². The predicted octanol–water partition coefficient (Wildman–Crippen LogP) is 2.66. The minimum Gasteiger partial charge on any atom is -0.377 e. The van der Waals surface area contributed by atoms with Crippen LogP contribution in [0.1, 0.15) is 64.2 Å². The zero-order chi connectivity index (χ0) is 15.5. The lowest BCUT2D eigenvalue weighted by Crippen LogP contribution is -2.54. The van der Waals surface area contributed by atoms with Crippen LogP contribution in [0.25, 0.3) is 0 Å². The maximum absolute atomic E-state index is 11.9. The van der Waals surface area contributed by atoms with Crippen LogP contribution in [0.3, 0.4) is 0 Å². The van der Waals surface area contributed by atoms with Gasteiger partial charge in [0.15, 0.2) is 0 Å². The fourth-order valence-corrected chi connectivity index (χ4v) is 5.52. The molecule has 2 saturated carbocycles. The summed E-state index contributed by atoms with van der Waals surface area (Å²) in [6.45, 7) is 0. The molecule has 0 heterocycles. The summed E-state index contributed by atoms with van der Waals surface area (Å²) in [6.07, 6.45) is 11.8. The van der Waals surface area contributed by atoms with E-state index in [2.05, 4.69) is 0 Å². The fourth-order valence-electron chi connectivity index (χ4n) is 4.33. The van der Waals surface area contributed by atoms with Gasteiger partial charge in [0.05, 0.1) is 10.9 Å². The van der Waals surface area contributed by atoms with Gasteiger partial charge in [-0.25, -0.2) is 8.42 Å². The molecule has 3 atom stereocenters. The van der Waals surface area contributed by atoms with E-state index < -0.39 is 9.84 Å². The van der Waals surface area contributed by atoms with E-state index in [1.165, 1.54) is 31.9 Å². The Hall–Kier alpha value is -0.130. The van der Waals surface area contributed by atoms with Crippen molar-refractivity contribution in [3.63, 3.8) is 0 Å². The lowest BCUT2D eigenvalue weighted by atomic mass is 9.74. The Labute approximate surface area is 129 Å². The average Bonchev–Trinajstić information content (AvgIpc) is 2.72. The predicted molar refractivity (Wildman–Crippen MR) is 86.0 cm³/mol. The maximum Gasteiger partial charge on any atom is 0.150 e. The molecule has 0 aliphatic heterocycles. The maximum atomic E-state index is 11.9. The molecule has 0 aromatic rings. The minimum atomic E-state index is -2.95. The summed E-state index contributed by atoms with van der Waals surface area (Å²) in [5.41, 5.74) is 6.39. The zero-order valence-electron chi connectivity index (χ0n) is 13.5. The second kappa shape index (κ2) is 6.97. The molecule has 4 nitrogen and oxygen atoms in total. The van der Waals surface area contributed by atoms with Crippen LogP contribution in [-0.4, -0.2) is 38.7 Å². The molecule has 2 fully saturated rings. The number of hydrogen-bond acceptors (Lipinski definition) is 4. The molecule has 3 unspecified atom stereocenters. The molecule has 0 saturated heterocycles. The van der Waals surface area contributed by atoms with E-state index in [1.54, 1.807) is 7.11 Å². The van der Waals surface area contributed by atoms with E-state index in [9.17, 15) is 8.42 Å². The molecule has 124 valence electrons. The van der Waals surface area contributed by atoms with E-state index in [0.717, 1.165) is 32.1 Å².